The third kappa shape index (κ3) is 8.64. The van der Waals surface area contributed by atoms with Gasteiger partial charge >= 0.3 is 0 Å². The summed E-state index contributed by atoms with van der Waals surface area (Å²) in [5.41, 5.74) is 1.84. The number of benzene rings is 3. The van der Waals surface area contributed by atoms with Crippen molar-refractivity contribution in [3.05, 3.63) is 82.9 Å². The highest BCUT2D eigenvalue weighted by Gasteiger charge is 2.34. The van der Waals surface area contributed by atoms with E-state index in [-0.39, 0.29) is 29.0 Å². The Hall–Kier alpha value is -3.76. The van der Waals surface area contributed by atoms with Crippen LogP contribution in [0.3, 0.4) is 0 Å². The normalized spacial score (nSPS) is 12.0. The summed E-state index contributed by atoms with van der Waals surface area (Å²) in [6.07, 6.45) is 0.324. The molecule has 3 aromatic carbocycles. The number of anilines is 1. The van der Waals surface area contributed by atoms with Crippen molar-refractivity contribution in [2.24, 2.45) is 5.92 Å². The van der Waals surface area contributed by atoms with E-state index in [1.54, 1.807) is 48.5 Å². The third-order valence-corrected chi connectivity index (χ3v) is 8.92. The summed E-state index contributed by atoms with van der Waals surface area (Å²) in [5, 5.41) is 3.46. The number of rotatable bonds is 14. The first-order chi connectivity index (χ1) is 20.4. The quantitative estimate of drug-likeness (QED) is 0.255. The molecule has 0 bridgehead atoms. The highest BCUT2D eigenvalue weighted by molar-refractivity contribution is 7.92. The van der Waals surface area contributed by atoms with Gasteiger partial charge in [-0.3, -0.25) is 13.9 Å². The highest BCUT2D eigenvalue weighted by atomic mass is 35.5. The summed E-state index contributed by atoms with van der Waals surface area (Å²) >= 11 is 6.09. The van der Waals surface area contributed by atoms with E-state index in [2.05, 4.69) is 5.32 Å². The topological polar surface area (TPSA) is 105 Å². The molecule has 0 saturated heterocycles. The maximum absolute atomic E-state index is 14.2. The summed E-state index contributed by atoms with van der Waals surface area (Å²) in [5.74, 6) is 0.0585. The zero-order valence-electron chi connectivity index (χ0n) is 25.5. The predicted molar refractivity (Wildman–Crippen MR) is 169 cm³/mol. The van der Waals surface area contributed by atoms with Gasteiger partial charge in [-0.05, 0) is 61.2 Å². The Balaban J connectivity index is 2.10. The standard InChI is InChI=1S/C32H40ClN3O6S/c1-7-28(32(38)34-19-22(2)3)35(20-24-10-12-25(33)13-11-24)31(37)21-36(26-14-17-29(41-5)30(18-26)42-6)43(39,40)27-15-8-23(4)9-16-27/h8-18,22,28H,7,19-21H2,1-6H3,(H,34,38). The lowest BCUT2D eigenvalue weighted by Gasteiger charge is -2.33. The van der Waals surface area contributed by atoms with Gasteiger partial charge in [0, 0.05) is 24.2 Å². The summed E-state index contributed by atoms with van der Waals surface area (Å²) < 4.78 is 40.0. The number of methoxy groups -OCH3 is 2. The minimum atomic E-state index is -4.23. The van der Waals surface area contributed by atoms with E-state index in [0.29, 0.717) is 29.5 Å². The fourth-order valence-electron chi connectivity index (χ4n) is 4.47. The molecule has 2 amide bonds. The number of nitrogens with one attached hydrogen (secondary N) is 1. The predicted octanol–water partition coefficient (Wildman–Crippen LogP) is 5.44. The molecule has 0 fully saturated rings. The number of carbonyl (C=O) groups is 2. The van der Waals surface area contributed by atoms with Crippen molar-refractivity contribution in [2.75, 3.05) is 31.6 Å². The summed E-state index contributed by atoms with van der Waals surface area (Å²) in [4.78, 5) is 29.0. The van der Waals surface area contributed by atoms with Crippen LogP contribution in [0, 0.1) is 12.8 Å². The first kappa shape index (κ1) is 33.7. The number of hydrogen-bond acceptors (Lipinski definition) is 6. The highest BCUT2D eigenvalue weighted by Crippen LogP contribution is 2.34. The van der Waals surface area contributed by atoms with E-state index >= 15 is 0 Å². The second-order valence-electron chi connectivity index (χ2n) is 10.6. The van der Waals surface area contributed by atoms with Gasteiger partial charge in [-0.25, -0.2) is 8.42 Å². The molecular weight excluding hydrogens is 590 g/mol. The number of sulfonamides is 1. The first-order valence-electron chi connectivity index (χ1n) is 14.0. The smallest absolute Gasteiger partial charge is 0.264 e. The minimum Gasteiger partial charge on any atom is -0.493 e. The van der Waals surface area contributed by atoms with E-state index in [0.717, 1.165) is 15.4 Å². The van der Waals surface area contributed by atoms with Crippen LogP contribution in [-0.4, -0.2) is 58.5 Å². The van der Waals surface area contributed by atoms with Gasteiger partial charge in [-0.15, -0.1) is 0 Å². The number of aryl methyl sites for hydroxylation is 1. The molecule has 3 aromatic rings. The third-order valence-electron chi connectivity index (χ3n) is 6.88. The minimum absolute atomic E-state index is 0.0201. The molecule has 11 heteroatoms. The number of amides is 2. The van der Waals surface area contributed by atoms with Gasteiger partial charge in [0.1, 0.15) is 12.6 Å². The van der Waals surface area contributed by atoms with Gasteiger partial charge in [0.25, 0.3) is 10.0 Å². The molecule has 0 aliphatic rings. The molecule has 1 atom stereocenters. The average Bonchev–Trinajstić information content (AvgIpc) is 2.99. The molecule has 0 aromatic heterocycles. The zero-order chi connectivity index (χ0) is 31.7. The molecule has 0 radical (unpaired) electrons. The van der Waals surface area contributed by atoms with Crippen molar-refractivity contribution in [2.45, 2.75) is 51.6 Å². The molecule has 0 saturated carbocycles. The monoisotopic (exact) mass is 629 g/mol. The lowest BCUT2D eigenvalue weighted by Crippen LogP contribution is -2.52. The summed E-state index contributed by atoms with van der Waals surface area (Å²) in [6, 6.07) is 17.2. The molecular formula is C32H40ClN3O6S. The zero-order valence-corrected chi connectivity index (χ0v) is 27.0. The van der Waals surface area contributed by atoms with E-state index in [4.69, 9.17) is 21.1 Å². The molecule has 0 aliphatic heterocycles. The Labute approximate surface area is 259 Å². The van der Waals surface area contributed by atoms with E-state index in [9.17, 15) is 18.0 Å². The van der Waals surface area contributed by atoms with Crippen molar-refractivity contribution in [3.8, 4) is 11.5 Å². The molecule has 1 unspecified atom stereocenters. The number of carbonyl (C=O) groups excluding carboxylic acids is 2. The fourth-order valence-corrected chi connectivity index (χ4v) is 6.01. The molecule has 0 heterocycles. The van der Waals surface area contributed by atoms with Gasteiger partial charge in [0.05, 0.1) is 24.8 Å². The van der Waals surface area contributed by atoms with Crippen LogP contribution in [0.5, 0.6) is 11.5 Å². The average molecular weight is 630 g/mol. The van der Waals surface area contributed by atoms with Crippen molar-refractivity contribution >= 4 is 39.1 Å². The fraction of sp³-hybridized carbons (Fsp3) is 0.375. The van der Waals surface area contributed by atoms with Crippen molar-refractivity contribution < 1.29 is 27.5 Å². The molecule has 1 N–H and O–H groups in total. The van der Waals surface area contributed by atoms with Gasteiger partial charge in [0.2, 0.25) is 11.8 Å². The molecule has 3 rings (SSSR count). The van der Waals surface area contributed by atoms with Gasteiger partial charge in [-0.1, -0.05) is 62.2 Å². The number of halogens is 1. The first-order valence-corrected chi connectivity index (χ1v) is 15.9. The molecule has 0 spiro atoms. The summed E-state index contributed by atoms with van der Waals surface area (Å²) in [6.45, 7) is 7.59. The molecule has 0 aliphatic carbocycles. The maximum atomic E-state index is 14.2. The van der Waals surface area contributed by atoms with Crippen LogP contribution in [0.2, 0.25) is 5.02 Å². The van der Waals surface area contributed by atoms with Crippen LogP contribution in [0.4, 0.5) is 5.69 Å². The summed E-state index contributed by atoms with van der Waals surface area (Å²) in [7, 11) is -1.30. The van der Waals surface area contributed by atoms with Crippen LogP contribution in [0.1, 0.15) is 38.3 Å². The number of ether oxygens (including phenoxy) is 2. The van der Waals surface area contributed by atoms with Crippen LogP contribution in [0.15, 0.2) is 71.6 Å². The second-order valence-corrected chi connectivity index (χ2v) is 12.9. The molecule has 232 valence electrons. The Morgan fingerprint density at radius 2 is 1.56 bits per heavy atom. The van der Waals surface area contributed by atoms with Crippen molar-refractivity contribution in [3.63, 3.8) is 0 Å². The largest absolute Gasteiger partial charge is 0.493 e. The van der Waals surface area contributed by atoms with Gasteiger partial charge < -0.3 is 19.7 Å². The number of nitrogens with zero attached hydrogens (tertiary/aromatic N) is 2. The van der Waals surface area contributed by atoms with E-state index in [1.165, 1.54) is 37.3 Å². The van der Waals surface area contributed by atoms with E-state index < -0.39 is 28.5 Å². The van der Waals surface area contributed by atoms with Crippen molar-refractivity contribution in [1.29, 1.82) is 0 Å². The van der Waals surface area contributed by atoms with E-state index in [1.807, 2.05) is 27.7 Å². The Kier molecular flexibility index (Phi) is 11.9. The molecule has 9 nitrogen and oxygen atoms in total. The maximum Gasteiger partial charge on any atom is 0.264 e. The SMILES string of the molecule is CCC(C(=O)NCC(C)C)N(Cc1ccc(Cl)cc1)C(=O)CN(c1ccc(OC)c(OC)c1)S(=O)(=O)c1ccc(C)cc1. The Morgan fingerprint density at radius 1 is 0.930 bits per heavy atom. The second kappa shape index (κ2) is 15.1. The molecule has 43 heavy (non-hydrogen) atoms. The number of hydrogen-bond donors (Lipinski definition) is 1. The Bertz CT molecular complexity index is 1490. The van der Waals surface area contributed by atoms with Crippen molar-refractivity contribution in [1.82, 2.24) is 10.2 Å². The lowest BCUT2D eigenvalue weighted by molar-refractivity contribution is -0.140. The van der Waals surface area contributed by atoms with Gasteiger partial charge in [-0.2, -0.15) is 0 Å². The Morgan fingerprint density at radius 3 is 2.12 bits per heavy atom. The van der Waals surface area contributed by atoms with Crippen LogP contribution < -0.4 is 19.1 Å². The van der Waals surface area contributed by atoms with Gasteiger partial charge in [0.15, 0.2) is 11.5 Å². The van der Waals surface area contributed by atoms with Crippen LogP contribution in [-0.2, 0) is 26.2 Å². The van der Waals surface area contributed by atoms with Crippen LogP contribution in [0.25, 0.3) is 0 Å². The van der Waals surface area contributed by atoms with Crippen LogP contribution >= 0.6 is 11.6 Å². The lowest BCUT2D eigenvalue weighted by atomic mass is 10.1.